The molecule has 1 rings (SSSR count). The van der Waals surface area contributed by atoms with Gasteiger partial charge in [-0.25, -0.2) is 0 Å². The van der Waals surface area contributed by atoms with Gasteiger partial charge in [0.15, 0.2) is 5.78 Å². The van der Waals surface area contributed by atoms with Crippen molar-refractivity contribution in [2.75, 3.05) is 31.3 Å². The Morgan fingerprint density at radius 2 is 1.50 bits per heavy atom. The molecule has 0 aliphatic heterocycles. The number of thioether (sulfide) groups is 1. The topological polar surface area (TPSA) is 44.8 Å². The number of hydrogen-bond acceptors (Lipinski definition) is 5. The Hall–Kier alpha value is -1.36. The monoisotopic (exact) mass is 326 g/mol. The summed E-state index contributed by atoms with van der Waals surface area (Å²) in [4.78, 5) is 12.6. The minimum absolute atomic E-state index is 0.0356. The van der Waals surface area contributed by atoms with Crippen LogP contribution in [0.2, 0.25) is 0 Å². The Balaban J connectivity index is 3.15. The normalized spacial score (nSPS) is 10.4. The SMILES string of the molecule is CCCSCC(=O)c1c(OCC)cc(OCC)cc1OCC. The number of ketones is 1. The summed E-state index contributed by atoms with van der Waals surface area (Å²) in [5, 5.41) is 0. The van der Waals surface area contributed by atoms with Crippen LogP contribution in [-0.4, -0.2) is 37.1 Å². The number of benzene rings is 1. The predicted octanol–water partition coefficient (Wildman–Crippen LogP) is 4.21. The molecule has 1 aromatic carbocycles. The smallest absolute Gasteiger partial charge is 0.180 e. The maximum absolute atomic E-state index is 12.6. The largest absolute Gasteiger partial charge is 0.494 e. The molecule has 0 aliphatic rings. The summed E-state index contributed by atoms with van der Waals surface area (Å²) in [6.45, 7) is 9.35. The van der Waals surface area contributed by atoms with Gasteiger partial charge in [-0.2, -0.15) is 11.8 Å². The molecule has 0 saturated carbocycles. The third-order valence-corrected chi connectivity index (χ3v) is 3.97. The van der Waals surface area contributed by atoms with Crippen LogP contribution in [0.25, 0.3) is 0 Å². The highest BCUT2D eigenvalue weighted by atomic mass is 32.2. The van der Waals surface area contributed by atoms with E-state index in [4.69, 9.17) is 14.2 Å². The lowest BCUT2D eigenvalue weighted by Crippen LogP contribution is -2.10. The van der Waals surface area contributed by atoms with Gasteiger partial charge in [0, 0.05) is 12.1 Å². The molecule has 0 saturated heterocycles. The van der Waals surface area contributed by atoms with Crippen LogP contribution in [-0.2, 0) is 0 Å². The first-order valence-corrected chi connectivity index (χ1v) is 9.00. The van der Waals surface area contributed by atoms with Crippen molar-refractivity contribution < 1.29 is 19.0 Å². The van der Waals surface area contributed by atoms with Crippen LogP contribution in [0.3, 0.4) is 0 Å². The molecule has 1 aromatic rings. The molecule has 0 radical (unpaired) electrons. The number of carbonyl (C=O) groups excluding carboxylic acids is 1. The van der Waals surface area contributed by atoms with Gasteiger partial charge in [-0.15, -0.1) is 0 Å². The van der Waals surface area contributed by atoms with Gasteiger partial charge in [-0.1, -0.05) is 6.92 Å². The molecule has 0 heterocycles. The van der Waals surface area contributed by atoms with Gasteiger partial charge in [-0.3, -0.25) is 4.79 Å². The molecule has 0 atom stereocenters. The zero-order valence-electron chi connectivity index (χ0n) is 13.9. The second-order valence-electron chi connectivity index (χ2n) is 4.57. The fourth-order valence-corrected chi connectivity index (χ4v) is 2.77. The van der Waals surface area contributed by atoms with E-state index in [2.05, 4.69) is 6.92 Å². The lowest BCUT2D eigenvalue weighted by molar-refractivity contribution is 0.101. The second-order valence-corrected chi connectivity index (χ2v) is 5.67. The summed E-state index contributed by atoms with van der Waals surface area (Å²) < 4.78 is 16.8. The minimum Gasteiger partial charge on any atom is -0.494 e. The fourth-order valence-electron chi connectivity index (χ4n) is 2.01. The molecule has 22 heavy (non-hydrogen) atoms. The first kappa shape index (κ1) is 18.7. The third-order valence-electron chi connectivity index (χ3n) is 2.81. The van der Waals surface area contributed by atoms with Gasteiger partial charge in [-0.05, 0) is 32.9 Å². The first-order chi connectivity index (χ1) is 10.7. The lowest BCUT2D eigenvalue weighted by Gasteiger charge is -2.16. The highest BCUT2D eigenvalue weighted by Gasteiger charge is 2.21. The maximum Gasteiger partial charge on any atom is 0.180 e. The van der Waals surface area contributed by atoms with E-state index in [1.54, 1.807) is 23.9 Å². The van der Waals surface area contributed by atoms with E-state index in [0.29, 0.717) is 48.4 Å². The summed E-state index contributed by atoms with van der Waals surface area (Å²) in [5.74, 6) is 3.18. The van der Waals surface area contributed by atoms with E-state index in [1.807, 2.05) is 20.8 Å². The highest BCUT2D eigenvalue weighted by molar-refractivity contribution is 7.99. The molecule has 124 valence electrons. The average molecular weight is 326 g/mol. The van der Waals surface area contributed by atoms with Crippen LogP contribution in [0.15, 0.2) is 12.1 Å². The van der Waals surface area contributed by atoms with Crippen molar-refractivity contribution in [3.63, 3.8) is 0 Å². The maximum atomic E-state index is 12.6. The Bertz CT molecular complexity index is 447. The van der Waals surface area contributed by atoms with E-state index < -0.39 is 0 Å². The average Bonchev–Trinajstić information content (AvgIpc) is 2.48. The van der Waals surface area contributed by atoms with E-state index in [1.165, 1.54) is 0 Å². The number of hydrogen-bond donors (Lipinski definition) is 0. The van der Waals surface area contributed by atoms with Crippen molar-refractivity contribution in [2.24, 2.45) is 0 Å². The van der Waals surface area contributed by atoms with Gasteiger partial charge in [0.2, 0.25) is 0 Å². The fraction of sp³-hybridized carbons (Fsp3) is 0.588. The molecule has 4 nitrogen and oxygen atoms in total. The number of rotatable bonds is 11. The van der Waals surface area contributed by atoms with Gasteiger partial charge in [0.25, 0.3) is 0 Å². The number of ether oxygens (including phenoxy) is 3. The molecule has 0 unspecified atom stereocenters. The van der Waals surface area contributed by atoms with E-state index >= 15 is 0 Å². The zero-order chi connectivity index (χ0) is 16.4. The quantitative estimate of drug-likeness (QED) is 0.450. The lowest BCUT2D eigenvalue weighted by atomic mass is 10.1. The molecular weight excluding hydrogens is 300 g/mol. The van der Waals surface area contributed by atoms with E-state index in [0.717, 1.165) is 12.2 Å². The Labute approximate surface area is 137 Å². The zero-order valence-corrected chi connectivity index (χ0v) is 14.8. The number of carbonyl (C=O) groups is 1. The van der Waals surface area contributed by atoms with E-state index in [-0.39, 0.29) is 5.78 Å². The molecule has 0 fully saturated rings. The third kappa shape index (κ3) is 5.44. The first-order valence-electron chi connectivity index (χ1n) is 7.85. The summed E-state index contributed by atoms with van der Waals surface area (Å²) in [6, 6.07) is 3.54. The Morgan fingerprint density at radius 1 is 0.955 bits per heavy atom. The molecular formula is C17H26O4S. The van der Waals surface area contributed by atoms with Crippen molar-refractivity contribution in [2.45, 2.75) is 34.1 Å². The van der Waals surface area contributed by atoms with Crippen molar-refractivity contribution >= 4 is 17.5 Å². The van der Waals surface area contributed by atoms with Crippen LogP contribution in [0.4, 0.5) is 0 Å². The van der Waals surface area contributed by atoms with Gasteiger partial charge >= 0.3 is 0 Å². The summed E-state index contributed by atoms with van der Waals surface area (Å²) >= 11 is 1.63. The highest BCUT2D eigenvalue weighted by Crippen LogP contribution is 2.35. The minimum atomic E-state index is 0.0356. The predicted molar refractivity (Wildman–Crippen MR) is 91.9 cm³/mol. The summed E-state index contributed by atoms with van der Waals surface area (Å²) in [6.07, 6.45) is 1.05. The van der Waals surface area contributed by atoms with Crippen LogP contribution in [0.1, 0.15) is 44.5 Å². The van der Waals surface area contributed by atoms with Gasteiger partial charge in [0.05, 0.1) is 25.6 Å². The van der Waals surface area contributed by atoms with Crippen molar-refractivity contribution in [3.05, 3.63) is 17.7 Å². The number of Topliss-reactive ketones (excluding diaryl/α,β-unsaturated/α-hetero) is 1. The van der Waals surface area contributed by atoms with Gasteiger partial charge in [0.1, 0.15) is 22.8 Å². The van der Waals surface area contributed by atoms with Crippen LogP contribution < -0.4 is 14.2 Å². The standard InChI is InChI=1S/C17H26O4S/c1-5-9-22-12-14(18)17-15(20-7-3)10-13(19-6-2)11-16(17)21-8-4/h10-11H,5-9,12H2,1-4H3. The van der Waals surface area contributed by atoms with Crippen LogP contribution >= 0.6 is 11.8 Å². The molecule has 0 amide bonds. The molecule has 5 heteroatoms. The van der Waals surface area contributed by atoms with E-state index in [9.17, 15) is 4.79 Å². The van der Waals surface area contributed by atoms with Crippen molar-refractivity contribution in [1.82, 2.24) is 0 Å². The Morgan fingerprint density at radius 3 is 1.95 bits per heavy atom. The van der Waals surface area contributed by atoms with Gasteiger partial charge < -0.3 is 14.2 Å². The van der Waals surface area contributed by atoms with Crippen molar-refractivity contribution in [1.29, 1.82) is 0 Å². The molecule has 0 N–H and O–H groups in total. The van der Waals surface area contributed by atoms with Crippen LogP contribution in [0.5, 0.6) is 17.2 Å². The molecule has 0 bridgehead atoms. The Kier molecular flexibility index (Phi) is 8.82. The molecule has 0 aromatic heterocycles. The molecule has 0 aliphatic carbocycles. The summed E-state index contributed by atoms with van der Waals surface area (Å²) in [7, 11) is 0. The molecule has 0 spiro atoms. The van der Waals surface area contributed by atoms with Crippen LogP contribution in [0, 0.1) is 0 Å². The van der Waals surface area contributed by atoms with Crippen molar-refractivity contribution in [3.8, 4) is 17.2 Å². The summed E-state index contributed by atoms with van der Waals surface area (Å²) in [5.41, 5.74) is 0.524. The second kappa shape index (κ2) is 10.4.